The zero-order chi connectivity index (χ0) is 11.2. The molecule has 0 spiro atoms. The van der Waals surface area contributed by atoms with Crippen LogP contribution in [0.1, 0.15) is 37.8 Å². The lowest BCUT2D eigenvalue weighted by Gasteiger charge is -2.21. The van der Waals surface area contributed by atoms with Gasteiger partial charge in [0.05, 0.1) is 12.3 Å². The van der Waals surface area contributed by atoms with Crippen LogP contribution in [0.4, 0.5) is 0 Å². The molecule has 1 aromatic rings. The summed E-state index contributed by atoms with van der Waals surface area (Å²) >= 11 is 0. The van der Waals surface area contributed by atoms with Crippen LogP contribution in [0.25, 0.3) is 0 Å². The van der Waals surface area contributed by atoms with Crippen molar-refractivity contribution in [3.05, 3.63) is 24.0 Å². The van der Waals surface area contributed by atoms with Crippen LogP contribution < -0.4 is 10.5 Å². The molecule has 1 heterocycles. The van der Waals surface area contributed by atoms with Gasteiger partial charge in [-0.25, -0.2) is 0 Å². The Hall–Kier alpha value is -1.09. The molecule has 0 bridgehead atoms. The lowest BCUT2D eigenvalue weighted by atomic mass is 9.90. The van der Waals surface area contributed by atoms with Gasteiger partial charge in [-0.15, -0.1) is 0 Å². The first-order valence-corrected chi connectivity index (χ1v) is 6.16. The van der Waals surface area contributed by atoms with Crippen molar-refractivity contribution in [1.82, 2.24) is 4.98 Å². The lowest BCUT2D eigenvalue weighted by molar-refractivity contribution is 0.208. The number of aromatic nitrogens is 1. The van der Waals surface area contributed by atoms with Gasteiger partial charge in [0.15, 0.2) is 0 Å². The second-order valence-corrected chi connectivity index (χ2v) is 4.50. The van der Waals surface area contributed by atoms with Crippen molar-refractivity contribution in [2.45, 2.75) is 38.6 Å². The highest BCUT2D eigenvalue weighted by molar-refractivity contribution is 5.22. The van der Waals surface area contributed by atoms with Gasteiger partial charge in [-0.3, -0.25) is 4.98 Å². The molecular formula is C13H20N2O. The summed E-state index contributed by atoms with van der Waals surface area (Å²) in [7, 11) is 0. The molecule has 0 saturated heterocycles. The number of nitrogens with zero attached hydrogens (tertiary/aromatic N) is 1. The normalized spacial score (nSPS) is 17.3. The molecule has 0 atom stereocenters. The fourth-order valence-corrected chi connectivity index (χ4v) is 2.23. The predicted molar refractivity (Wildman–Crippen MR) is 64.2 cm³/mol. The molecule has 2 rings (SSSR count). The highest BCUT2D eigenvalue weighted by Gasteiger charge is 2.13. The third-order valence-electron chi connectivity index (χ3n) is 3.21. The fourth-order valence-electron chi connectivity index (χ4n) is 2.23. The van der Waals surface area contributed by atoms with Crippen molar-refractivity contribution >= 4 is 0 Å². The summed E-state index contributed by atoms with van der Waals surface area (Å²) in [5.41, 5.74) is 6.43. The molecule has 16 heavy (non-hydrogen) atoms. The van der Waals surface area contributed by atoms with Gasteiger partial charge in [0.2, 0.25) is 0 Å². The Morgan fingerprint density at radius 3 is 2.88 bits per heavy atom. The zero-order valence-electron chi connectivity index (χ0n) is 9.69. The number of ether oxygens (including phenoxy) is 1. The Kier molecular flexibility index (Phi) is 4.17. The summed E-state index contributed by atoms with van der Waals surface area (Å²) < 4.78 is 5.79. The second kappa shape index (κ2) is 5.85. The minimum absolute atomic E-state index is 0.473. The molecule has 1 aliphatic carbocycles. The van der Waals surface area contributed by atoms with Crippen molar-refractivity contribution in [1.29, 1.82) is 0 Å². The molecular weight excluding hydrogens is 200 g/mol. The average molecular weight is 220 g/mol. The first-order valence-electron chi connectivity index (χ1n) is 6.16. The van der Waals surface area contributed by atoms with Crippen molar-refractivity contribution in [3.63, 3.8) is 0 Å². The first-order chi connectivity index (χ1) is 7.88. The van der Waals surface area contributed by atoms with Gasteiger partial charge < -0.3 is 10.5 Å². The molecule has 1 fully saturated rings. The maximum absolute atomic E-state index is 5.79. The van der Waals surface area contributed by atoms with Crippen LogP contribution in [0.5, 0.6) is 5.75 Å². The van der Waals surface area contributed by atoms with Gasteiger partial charge in [0, 0.05) is 18.8 Å². The Morgan fingerprint density at radius 1 is 1.31 bits per heavy atom. The monoisotopic (exact) mass is 220 g/mol. The number of hydrogen-bond donors (Lipinski definition) is 1. The quantitative estimate of drug-likeness (QED) is 0.848. The van der Waals surface area contributed by atoms with E-state index in [0.717, 1.165) is 24.0 Å². The zero-order valence-corrected chi connectivity index (χ0v) is 9.69. The van der Waals surface area contributed by atoms with Gasteiger partial charge in [-0.05, 0) is 24.8 Å². The van der Waals surface area contributed by atoms with E-state index >= 15 is 0 Å². The predicted octanol–water partition coefficient (Wildman–Crippen LogP) is 2.50. The highest BCUT2D eigenvalue weighted by atomic mass is 16.5. The van der Waals surface area contributed by atoms with Gasteiger partial charge >= 0.3 is 0 Å². The van der Waals surface area contributed by atoms with E-state index in [1.807, 2.05) is 12.1 Å². The minimum atomic E-state index is 0.473. The number of hydrogen-bond acceptors (Lipinski definition) is 3. The molecule has 1 aliphatic rings. The van der Waals surface area contributed by atoms with Gasteiger partial charge in [-0.2, -0.15) is 0 Å². The van der Waals surface area contributed by atoms with Crippen LogP contribution in [0.15, 0.2) is 18.3 Å². The molecule has 2 N–H and O–H groups in total. The summed E-state index contributed by atoms with van der Waals surface area (Å²) in [5, 5.41) is 0. The molecule has 0 unspecified atom stereocenters. The van der Waals surface area contributed by atoms with Gasteiger partial charge in [-0.1, -0.05) is 19.3 Å². The van der Waals surface area contributed by atoms with Crippen molar-refractivity contribution in [2.75, 3.05) is 6.61 Å². The molecule has 1 aromatic heterocycles. The molecule has 0 amide bonds. The standard InChI is InChI=1S/C13H20N2O/c14-9-12-8-13(6-7-15-12)16-10-11-4-2-1-3-5-11/h6-8,11H,1-5,9-10,14H2. The Labute approximate surface area is 97.0 Å². The first kappa shape index (κ1) is 11.4. The maximum atomic E-state index is 5.79. The third kappa shape index (κ3) is 3.20. The number of nitrogens with two attached hydrogens (primary N) is 1. The summed E-state index contributed by atoms with van der Waals surface area (Å²) in [6, 6.07) is 3.84. The van der Waals surface area contributed by atoms with Crippen LogP contribution >= 0.6 is 0 Å². The molecule has 3 heteroatoms. The van der Waals surface area contributed by atoms with Gasteiger partial charge in [0.25, 0.3) is 0 Å². The van der Waals surface area contributed by atoms with Crippen LogP contribution in [0.2, 0.25) is 0 Å². The van der Waals surface area contributed by atoms with Crippen LogP contribution in [0.3, 0.4) is 0 Å². The fraction of sp³-hybridized carbons (Fsp3) is 0.615. The van der Waals surface area contributed by atoms with Gasteiger partial charge in [0.1, 0.15) is 5.75 Å². The third-order valence-corrected chi connectivity index (χ3v) is 3.21. The average Bonchev–Trinajstić information content (AvgIpc) is 2.38. The Bertz CT molecular complexity index is 321. The molecule has 88 valence electrons. The highest BCUT2D eigenvalue weighted by Crippen LogP contribution is 2.24. The summed E-state index contributed by atoms with van der Waals surface area (Å²) in [6.45, 7) is 1.31. The summed E-state index contributed by atoms with van der Waals surface area (Å²) in [4.78, 5) is 4.15. The Balaban J connectivity index is 1.83. The van der Waals surface area contributed by atoms with E-state index in [1.165, 1.54) is 32.1 Å². The van der Waals surface area contributed by atoms with E-state index in [2.05, 4.69) is 4.98 Å². The van der Waals surface area contributed by atoms with Crippen molar-refractivity contribution in [3.8, 4) is 5.75 Å². The lowest BCUT2D eigenvalue weighted by Crippen LogP contribution is -2.15. The van der Waals surface area contributed by atoms with E-state index in [0.29, 0.717) is 6.54 Å². The van der Waals surface area contributed by atoms with E-state index < -0.39 is 0 Å². The molecule has 0 aromatic carbocycles. The molecule has 3 nitrogen and oxygen atoms in total. The topological polar surface area (TPSA) is 48.1 Å². The molecule has 0 aliphatic heterocycles. The smallest absolute Gasteiger partial charge is 0.122 e. The summed E-state index contributed by atoms with van der Waals surface area (Å²) in [5.74, 6) is 1.64. The van der Waals surface area contributed by atoms with Crippen LogP contribution in [0, 0.1) is 5.92 Å². The molecule has 1 saturated carbocycles. The molecule has 0 radical (unpaired) electrons. The van der Waals surface area contributed by atoms with Crippen LogP contribution in [-0.2, 0) is 6.54 Å². The van der Waals surface area contributed by atoms with Crippen molar-refractivity contribution < 1.29 is 4.74 Å². The summed E-state index contributed by atoms with van der Waals surface area (Å²) in [6.07, 6.45) is 8.50. The van der Waals surface area contributed by atoms with E-state index in [1.54, 1.807) is 6.20 Å². The van der Waals surface area contributed by atoms with Crippen molar-refractivity contribution in [2.24, 2.45) is 11.7 Å². The number of rotatable bonds is 4. The SMILES string of the molecule is NCc1cc(OCC2CCCCC2)ccn1. The minimum Gasteiger partial charge on any atom is -0.493 e. The number of pyridine rings is 1. The second-order valence-electron chi connectivity index (χ2n) is 4.50. The van der Waals surface area contributed by atoms with E-state index in [4.69, 9.17) is 10.5 Å². The van der Waals surface area contributed by atoms with E-state index in [9.17, 15) is 0 Å². The van der Waals surface area contributed by atoms with Crippen LogP contribution in [-0.4, -0.2) is 11.6 Å². The van der Waals surface area contributed by atoms with E-state index in [-0.39, 0.29) is 0 Å². The Morgan fingerprint density at radius 2 is 2.12 bits per heavy atom. The maximum Gasteiger partial charge on any atom is 0.122 e. The largest absolute Gasteiger partial charge is 0.493 e.